The van der Waals surface area contributed by atoms with E-state index in [1.54, 1.807) is 16.8 Å². The first-order valence-corrected chi connectivity index (χ1v) is 11.4. The average molecular weight is 447 g/mol. The van der Waals surface area contributed by atoms with E-state index in [0.29, 0.717) is 23.9 Å². The van der Waals surface area contributed by atoms with Crippen LogP contribution in [0.15, 0.2) is 53.3 Å². The summed E-state index contributed by atoms with van der Waals surface area (Å²) in [5.74, 6) is 0.851. The number of pyridine rings is 1. The van der Waals surface area contributed by atoms with Gasteiger partial charge < -0.3 is 4.98 Å². The monoisotopic (exact) mass is 446 g/mol. The van der Waals surface area contributed by atoms with Crippen molar-refractivity contribution in [2.45, 2.75) is 39.3 Å². The highest BCUT2D eigenvalue weighted by molar-refractivity contribution is 5.79. The van der Waals surface area contributed by atoms with Gasteiger partial charge in [-0.1, -0.05) is 30.7 Å². The minimum Gasteiger partial charge on any atom is -0.322 e. The van der Waals surface area contributed by atoms with Crippen molar-refractivity contribution >= 4 is 10.9 Å². The molecule has 0 saturated carbocycles. The summed E-state index contributed by atoms with van der Waals surface area (Å²) >= 11 is 0. The number of hydrogen-bond acceptors (Lipinski definition) is 5. The first-order valence-electron chi connectivity index (χ1n) is 11.4. The van der Waals surface area contributed by atoms with E-state index in [9.17, 15) is 9.18 Å². The summed E-state index contributed by atoms with van der Waals surface area (Å²) in [4.78, 5) is 18.6. The summed E-state index contributed by atoms with van der Waals surface area (Å²) in [7, 11) is 0. The molecule has 4 aromatic rings. The van der Waals surface area contributed by atoms with Crippen LogP contribution in [0, 0.1) is 18.7 Å². The van der Waals surface area contributed by atoms with Crippen LogP contribution >= 0.6 is 0 Å². The van der Waals surface area contributed by atoms with E-state index in [2.05, 4.69) is 38.4 Å². The molecule has 170 valence electrons. The lowest BCUT2D eigenvalue weighted by Gasteiger charge is -2.36. The van der Waals surface area contributed by atoms with E-state index >= 15 is 0 Å². The molecule has 3 heterocycles. The molecule has 5 rings (SSSR count). The van der Waals surface area contributed by atoms with Gasteiger partial charge in [-0.05, 0) is 83.9 Å². The lowest BCUT2D eigenvalue weighted by atomic mass is 9.95. The molecule has 0 unspecified atom stereocenters. The number of nitrogens with zero attached hydrogens (tertiary/aromatic N) is 5. The smallest absolute Gasteiger partial charge is 0.253 e. The molecule has 8 heteroatoms. The quantitative estimate of drug-likeness (QED) is 0.504. The zero-order valence-electron chi connectivity index (χ0n) is 18.8. The van der Waals surface area contributed by atoms with E-state index in [4.69, 9.17) is 0 Å². The lowest BCUT2D eigenvalue weighted by Crippen LogP contribution is -2.41. The van der Waals surface area contributed by atoms with Crippen molar-refractivity contribution in [1.82, 2.24) is 30.1 Å². The zero-order chi connectivity index (χ0) is 22.9. The number of aromatic nitrogens is 5. The normalized spacial score (nSPS) is 18.0. The molecule has 33 heavy (non-hydrogen) atoms. The van der Waals surface area contributed by atoms with E-state index in [1.807, 2.05) is 25.1 Å². The van der Waals surface area contributed by atoms with E-state index < -0.39 is 0 Å². The van der Waals surface area contributed by atoms with E-state index in [0.717, 1.165) is 48.0 Å². The van der Waals surface area contributed by atoms with Crippen LogP contribution in [0.4, 0.5) is 4.39 Å². The molecular formula is C25H27FN6O. The number of benzene rings is 2. The van der Waals surface area contributed by atoms with Gasteiger partial charge in [0, 0.05) is 17.6 Å². The maximum absolute atomic E-state index is 13.4. The number of rotatable bonds is 5. The number of piperidine rings is 1. The Morgan fingerprint density at radius 2 is 2.00 bits per heavy atom. The molecule has 1 fully saturated rings. The zero-order valence-corrected chi connectivity index (χ0v) is 18.8. The Hall–Kier alpha value is -3.39. The summed E-state index contributed by atoms with van der Waals surface area (Å²) < 4.78 is 15.1. The van der Waals surface area contributed by atoms with Gasteiger partial charge in [-0.25, -0.2) is 9.07 Å². The van der Waals surface area contributed by atoms with Crippen LogP contribution in [0.1, 0.15) is 48.3 Å². The minimum atomic E-state index is -0.378. The van der Waals surface area contributed by atoms with Gasteiger partial charge in [-0.3, -0.25) is 9.69 Å². The van der Waals surface area contributed by atoms with Crippen molar-refractivity contribution in [2.75, 3.05) is 13.1 Å². The Kier molecular flexibility index (Phi) is 5.76. The van der Waals surface area contributed by atoms with Gasteiger partial charge in [0.25, 0.3) is 5.56 Å². The van der Waals surface area contributed by atoms with Crippen LogP contribution in [0.3, 0.4) is 0 Å². The maximum Gasteiger partial charge on any atom is 0.253 e. The predicted octanol–water partition coefficient (Wildman–Crippen LogP) is 3.83. The molecule has 2 atom stereocenters. The van der Waals surface area contributed by atoms with Gasteiger partial charge in [0.1, 0.15) is 11.9 Å². The van der Waals surface area contributed by atoms with Crippen molar-refractivity contribution in [3.05, 3.63) is 87.2 Å². The van der Waals surface area contributed by atoms with Crippen molar-refractivity contribution in [3.63, 3.8) is 0 Å². The van der Waals surface area contributed by atoms with Gasteiger partial charge in [0.15, 0.2) is 5.82 Å². The van der Waals surface area contributed by atoms with Crippen LogP contribution < -0.4 is 5.56 Å². The van der Waals surface area contributed by atoms with Crippen LogP contribution in [0.2, 0.25) is 0 Å². The fraction of sp³-hybridized carbons (Fsp3) is 0.360. The van der Waals surface area contributed by atoms with Gasteiger partial charge in [-0.15, -0.1) is 5.10 Å². The molecule has 7 nitrogen and oxygen atoms in total. The Morgan fingerprint density at radius 1 is 1.18 bits per heavy atom. The fourth-order valence-electron chi connectivity index (χ4n) is 4.79. The highest BCUT2D eigenvalue weighted by Crippen LogP contribution is 2.31. The first kappa shape index (κ1) is 21.5. The number of fused-ring (bicyclic) bond motifs is 1. The number of aromatic amines is 1. The summed E-state index contributed by atoms with van der Waals surface area (Å²) in [6, 6.07) is 13.9. The number of hydrogen-bond donors (Lipinski definition) is 1. The number of nitrogens with one attached hydrogen (secondary N) is 1. The molecule has 1 aliphatic heterocycles. The number of tetrazole rings is 1. The predicted molar refractivity (Wildman–Crippen MR) is 124 cm³/mol. The minimum absolute atomic E-state index is 0.133. The second-order valence-electron chi connectivity index (χ2n) is 9.11. The molecule has 1 N–H and O–H groups in total. The highest BCUT2D eigenvalue weighted by Gasteiger charge is 2.32. The number of H-pyrrole nitrogens is 1. The Morgan fingerprint density at radius 3 is 2.79 bits per heavy atom. The van der Waals surface area contributed by atoms with Crippen LogP contribution in [0.5, 0.6) is 0 Å². The second kappa shape index (κ2) is 8.86. The highest BCUT2D eigenvalue weighted by atomic mass is 19.1. The molecule has 0 bridgehead atoms. The van der Waals surface area contributed by atoms with Crippen molar-refractivity contribution in [1.29, 1.82) is 0 Å². The van der Waals surface area contributed by atoms with E-state index in [-0.39, 0.29) is 17.4 Å². The standard InChI is InChI=1S/C25H27FN6O/c1-16-5-10-22-19(12-16)13-21(25(33)27-22)23(31-11-3-4-17(2)14-31)24-28-29-30-32(24)15-18-6-8-20(26)9-7-18/h5-10,12-13,17,23H,3-4,11,14-15H2,1-2H3,(H,27,33)/t17-,23+/m1/s1. The van der Waals surface area contributed by atoms with Crippen LogP contribution in [0.25, 0.3) is 10.9 Å². The molecule has 0 amide bonds. The first-order chi connectivity index (χ1) is 16.0. The molecule has 0 radical (unpaired) electrons. The van der Waals surface area contributed by atoms with Gasteiger partial charge in [0.2, 0.25) is 0 Å². The molecule has 1 aliphatic rings. The number of aryl methyl sites for hydroxylation is 1. The van der Waals surface area contributed by atoms with Gasteiger partial charge in [-0.2, -0.15) is 0 Å². The third kappa shape index (κ3) is 4.43. The fourth-order valence-corrected chi connectivity index (χ4v) is 4.79. The van der Waals surface area contributed by atoms with Gasteiger partial charge >= 0.3 is 0 Å². The summed E-state index contributed by atoms with van der Waals surface area (Å²) in [5.41, 5.74) is 3.33. The topological polar surface area (TPSA) is 79.7 Å². The molecule has 0 spiro atoms. The van der Waals surface area contributed by atoms with Crippen molar-refractivity contribution in [3.8, 4) is 0 Å². The maximum atomic E-state index is 13.4. The molecule has 0 aliphatic carbocycles. The average Bonchev–Trinajstić information content (AvgIpc) is 3.24. The second-order valence-corrected chi connectivity index (χ2v) is 9.11. The summed E-state index contributed by atoms with van der Waals surface area (Å²) in [6.07, 6.45) is 2.22. The largest absolute Gasteiger partial charge is 0.322 e. The third-order valence-corrected chi connectivity index (χ3v) is 6.43. The molecule has 2 aromatic carbocycles. The third-order valence-electron chi connectivity index (χ3n) is 6.43. The lowest BCUT2D eigenvalue weighted by molar-refractivity contribution is 0.141. The number of halogens is 1. The SMILES string of the molecule is Cc1ccc2[nH]c(=O)c([C@@H](c3nnnn3Cc3ccc(F)cc3)N3CCC[C@@H](C)C3)cc2c1. The molecular weight excluding hydrogens is 419 g/mol. The summed E-state index contributed by atoms with van der Waals surface area (Å²) in [6.45, 7) is 6.39. The van der Waals surface area contributed by atoms with Gasteiger partial charge in [0.05, 0.1) is 6.54 Å². The van der Waals surface area contributed by atoms with Crippen molar-refractivity contribution < 1.29 is 4.39 Å². The molecule has 1 saturated heterocycles. The summed E-state index contributed by atoms with van der Waals surface area (Å²) in [5, 5.41) is 13.5. The van der Waals surface area contributed by atoms with Crippen LogP contribution in [-0.4, -0.2) is 43.2 Å². The van der Waals surface area contributed by atoms with E-state index in [1.165, 1.54) is 12.1 Å². The Balaban J connectivity index is 1.62. The Bertz CT molecular complexity index is 1330. The van der Waals surface area contributed by atoms with Crippen LogP contribution in [-0.2, 0) is 6.54 Å². The molecule has 2 aromatic heterocycles. The Labute approximate surface area is 191 Å². The van der Waals surface area contributed by atoms with Crippen molar-refractivity contribution in [2.24, 2.45) is 5.92 Å². The number of likely N-dealkylation sites (tertiary alicyclic amines) is 1.